The summed E-state index contributed by atoms with van der Waals surface area (Å²) in [6.45, 7) is 0. The van der Waals surface area contributed by atoms with Crippen LogP contribution in [0.2, 0.25) is 5.02 Å². The molecule has 1 heterocycles. The Kier molecular flexibility index (Phi) is 4.67. The number of nitrogens with one attached hydrogen (secondary N) is 1. The van der Waals surface area contributed by atoms with Gasteiger partial charge in [-0.1, -0.05) is 48.0 Å². The van der Waals surface area contributed by atoms with Crippen LogP contribution < -0.4 is 10.2 Å². The average Bonchev–Trinajstić information content (AvgIpc) is 2.96. The minimum absolute atomic E-state index is 0.130. The number of halogens is 1. The van der Waals surface area contributed by atoms with Gasteiger partial charge in [-0.15, -0.1) is 0 Å². The molecule has 0 bridgehead atoms. The van der Waals surface area contributed by atoms with Crippen LogP contribution in [0, 0.1) is 0 Å². The highest BCUT2D eigenvalue weighted by Crippen LogP contribution is 2.32. The van der Waals surface area contributed by atoms with Gasteiger partial charge in [0.2, 0.25) is 5.91 Å². The molecular weight excluding hydrogens is 376 g/mol. The van der Waals surface area contributed by atoms with Crippen LogP contribution >= 0.6 is 11.6 Å². The zero-order valence-corrected chi connectivity index (χ0v) is 15.4. The first-order valence-corrected chi connectivity index (χ1v) is 9.03. The minimum Gasteiger partial charge on any atom is -0.325 e. The maximum atomic E-state index is 12.9. The molecule has 0 saturated carbocycles. The summed E-state index contributed by atoms with van der Waals surface area (Å²) < 4.78 is 0. The normalized spacial score (nSPS) is 12.8. The standard InChI is InChI=1S/C22H15ClN2O3/c23-15-11-9-14(10-12-15)13-19(26)24-18-8-4-7-17-20(18)22(28)25(21(17)27)16-5-2-1-3-6-16/h1-12H,13H2,(H,24,26). The molecule has 3 amide bonds. The monoisotopic (exact) mass is 390 g/mol. The highest BCUT2D eigenvalue weighted by Gasteiger charge is 2.38. The van der Waals surface area contributed by atoms with E-state index >= 15 is 0 Å². The second-order valence-electron chi connectivity index (χ2n) is 6.36. The molecule has 0 atom stereocenters. The van der Waals surface area contributed by atoms with Gasteiger partial charge in [-0.2, -0.15) is 0 Å². The van der Waals surface area contributed by atoms with Crippen LogP contribution in [0.25, 0.3) is 0 Å². The number of fused-ring (bicyclic) bond motifs is 1. The molecule has 3 aromatic carbocycles. The van der Waals surface area contributed by atoms with Crippen molar-refractivity contribution in [2.24, 2.45) is 0 Å². The van der Waals surface area contributed by atoms with E-state index in [4.69, 9.17) is 11.6 Å². The maximum Gasteiger partial charge on any atom is 0.268 e. The molecule has 1 N–H and O–H groups in total. The van der Waals surface area contributed by atoms with E-state index in [1.54, 1.807) is 66.7 Å². The second kappa shape index (κ2) is 7.29. The van der Waals surface area contributed by atoms with Crippen molar-refractivity contribution in [2.45, 2.75) is 6.42 Å². The quantitative estimate of drug-likeness (QED) is 0.674. The van der Waals surface area contributed by atoms with E-state index in [9.17, 15) is 14.4 Å². The van der Waals surface area contributed by atoms with Crippen molar-refractivity contribution in [2.75, 3.05) is 10.2 Å². The summed E-state index contributed by atoms with van der Waals surface area (Å²) in [7, 11) is 0. The fourth-order valence-electron chi connectivity index (χ4n) is 3.18. The largest absolute Gasteiger partial charge is 0.325 e. The number of rotatable bonds is 4. The fourth-order valence-corrected chi connectivity index (χ4v) is 3.31. The molecule has 3 aromatic rings. The highest BCUT2D eigenvalue weighted by atomic mass is 35.5. The SMILES string of the molecule is O=C(Cc1ccc(Cl)cc1)Nc1cccc2c1C(=O)N(c1ccccc1)C2=O. The van der Waals surface area contributed by atoms with E-state index in [1.165, 1.54) is 0 Å². The van der Waals surface area contributed by atoms with Crippen molar-refractivity contribution >= 4 is 40.7 Å². The number of hydrogen-bond donors (Lipinski definition) is 1. The smallest absolute Gasteiger partial charge is 0.268 e. The lowest BCUT2D eigenvalue weighted by Crippen LogP contribution is -2.29. The Bertz CT molecular complexity index is 1080. The lowest BCUT2D eigenvalue weighted by molar-refractivity contribution is -0.115. The molecule has 28 heavy (non-hydrogen) atoms. The van der Waals surface area contributed by atoms with E-state index in [-0.39, 0.29) is 23.5 Å². The topological polar surface area (TPSA) is 66.5 Å². The van der Waals surface area contributed by atoms with Crippen LogP contribution in [0.4, 0.5) is 11.4 Å². The van der Waals surface area contributed by atoms with Crippen LogP contribution in [0.1, 0.15) is 26.3 Å². The summed E-state index contributed by atoms with van der Waals surface area (Å²) in [5.74, 6) is -1.14. The number of imide groups is 1. The first kappa shape index (κ1) is 17.9. The molecule has 0 saturated heterocycles. The highest BCUT2D eigenvalue weighted by molar-refractivity contribution is 6.36. The van der Waals surface area contributed by atoms with Crippen molar-refractivity contribution in [1.29, 1.82) is 0 Å². The fraction of sp³-hybridized carbons (Fsp3) is 0.0455. The number of nitrogens with zero attached hydrogens (tertiary/aromatic N) is 1. The third kappa shape index (κ3) is 3.28. The van der Waals surface area contributed by atoms with Gasteiger partial charge in [0.05, 0.1) is 28.9 Å². The van der Waals surface area contributed by atoms with E-state index in [0.29, 0.717) is 16.4 Å². The molecule has 0 unspecified atom stereocenters. The zero-order chi connectivity index (χ0) is 19.7. The van der Waals surface area contributed by atoms with Gasteiger partial charge in [-0.05, 0) is 42.0 Å². The molecule has 4 rings (SSSR count). The van der Waals surface area contributed by atoms with Gasteiger partial charge in [-0.3, -0.25) is 14.4 Å². The molecule has 0 aliphatic carbocycles. The summed E-state index contributed by atoms with van der Waals surface area (Å²) in [5, 5.41) is 3.35. The van der Waals surface area contributed by atoms with Crippen LogP contribution in [0.15, 0.2) is 72.8 Å². The number of amides is 3. The molecule has 1 aliphatic heterocycles. The Labute approximate surface area is 166 Å². The van der Waals surface area contributed by atoms with Crippen LogP contribution in [-0.4, -0.2) is 17.7 Å². The lowest BCUT2D eigenvalue weighted by Gasteiger charge is -2.13. The number of anilines is 2. The van der Waals surface area contributed by atoms with Crippen LogP contribution in [-0.2, 0) is 11.2 Å². The van der Waals surface area contributed by atoms with Gasteiger partial charge in [0.15, 0.2) is 0 Å². The van der Waals surface area contributed by atoms with Crippen LogP contribution in [0.3, 0.4) is 0 Å². The Morgan fingerprint density at radius 3 is 2.29 bits per heavy atom. The third-order valence-corrected chi connectivity index (χ3v) is 4.73. The summed E-state index contributed by atoms with van der Waals surface area (Å²) >= 11 is 5.86. The first-order chi connectivity index (χ1) is 13.5. The molecule has 0 aromatic heterocycles. The van der Waals surface area contributed by atoms with Crippen molar-refractivity contribution in [3.8, 4) is 0 Å². The molecule has 0 radical (unpaired) electrons. The Hall–Kier alpha value is -3.44. The minimum atomic E-state index is -0.450. The predicted molar refractivity (Wildman–Crippen MR) is 108 cm³/mol. The Morgan fingerprint density at radius 2 is 1.57 bits per heavy atom. The third-order valence-electron chi connectivity index (χ3n) is 4.48. The zero-order valence-electron chi connectivity index (χ0n) is 14.7. The van der Waals surface area contributed by atoms with Gasteiger partial charge >= 0.3 is 0 Å². The van der Waals surface area contributed by atoms with E-state index in [0.717, 1.165) is 10.5 Å². The van der Waals surface area contributed by atoms with Gasteiger partial charge in [-0.25, -0.2) is 4.90 Å². The van der Waals surface area contributed by atoms with Gasteiger partial charge in [0, 0.05) is 5.02 Å². The number of carbonyl (C=O) groups excluding carboxylic acids is 3. The summed E-state index contributed by atoms with van der Waals surface area (Å²) in [6, 6.07) is 20.5. The Morgan fingerprint density at radius 1 is 0.857 bits per heavy atom. The predicted octanol–water partition coefficient (Wildman–Crippen LogP) is 4.32. The van der Waals surface area contributed by atoms with E-state index in [1.807, 2.05) is 6.07 Å². The lowest BCUT2D eigenvalue weighted by atomic mass is 10.1. The number of para-hydroxylation sites is 1. The maximum absolute atomic E-state index is 12.9. The molecule has 6 heteroatoms. The molecule has 0 spiro atoms. The molecular formula is C22H15ClN2O3. The summed E-state index contributed by atoms with van der Waals surface area (Å²) in [6.07, 6.45) is 0.130. The second-order valence-corrected chi connectivity index (χ2v) is 6.80. The number of hydrogen-bond acceptors (Lipinski definition) is 3. The van der Waals surface area contributed by atoms with Gasteiger partial charge < -0.3 is 5.32 Å². The van der Waals surface area contributed by atoms with Crippen molar-refractivity contribution < 1.29 is 14.4 Å². The number of benzene rings is 3. The van der Waals surface area contributed by atoms with Crippen molar-refractivity contribution in [3.63, 3.8) is 0 Å². The average molecular weight is 391 g/mol. The molecule has 0 fully saturated rings. The van der Waals surface area contributed by atoms with E-state index < -0.39 is 11.8 Å². The first-order valence-electron chi connectivity index (χ1n) is 8.66. The molecule has 1 aliphatic rings. The van der Waals surface area contributed by atoms with Gasteiger partial charge in [0.1, 0.15) is 0 Å². The van der Waals surface area contributed by atoms with Crippen molar-refractivity contribution in [3.05, 3.63) is 94.5 Å². The molecule has 5 nitrogen and oxygen atoms in total. The van der Waals surface area contributed by atoms with E-state index in [2.05, 4.69) is 5.32 Å². The van der Waals surface area contributed by atoms with Gasteiger partial charge in [0.25, 0.3) is 11.8 Å². The molecule has 138 valence electrons. The summed E-state index contributed by atoms with van der Waals surface area (Å²) in [4.78, 5) is 39.3. The number of carbonyl (C=O) groups is 3. The summed E-state index contributed by atoms with van der Waals surface area (Å²) in [5.41, 5.74) is 2.10. The van der Waals surface area contributed by atoms with Crippen molar-refractivity contribution in [1.82, 2.24) is 0 Å². The Balaban J connectivity index is 1.60. The van der Waals surface area contributed by atoms with Crippen LogP contribution in [0.5, 0.6) is 0 Å².